The lowest BCUT2D eigenvalue weighted by atomic mass is 11.4. The van der Waals surface area contributed by atoms with Crippen molar-refractivity contribution in [2.45, 2.75) is 6.92 Å². The summed E-state index contributed by atoms with van der Waals surface area (Å²) in [6, 6.07) is 1.02. The Morgan fingerprint density at radius 3 is 2.89 bits per heavy atom. The van der Waals surface area contributed by atoms with E-state index in [1.165, 1.54) is 0 Å². The standard InChI is InChI=1S/C5H6N2O2/c1-3-6-4(8)2-5(9)7-3/h2H,1H3,(H2,6,7,8,9)/i3+2,4+2,5+2. The van der Waals surface area contributed by atoms with Gasteiger partial charge in [0.15, 0.2) is 0 Å². The van der Waals surface area contributed by atoms with E-state index < -0.39 is 0 Å². The van der Waals surface area contributed by atoms with Crippen molar-refractivity contribution in [3.63, 3.8) is 0 Å². The first kappa shape index (κ1) is 5.81. The summed E-state index contributed by atoms with van der Waals surface area (Å²) in [7, 11) is 0. The summed E-state index contributed by atoms with van der Waals surface area (Å²) in [5.41, 5.74) is -0.333. The lowest BCUT2D eigenvalue weighted by molar-refractivity contribution is 0.449. The van der Waals surface area contributed by atoms with Crippen molar-refractivity contribution >= 4 is 0 Å². The van der Waals surface area contributed by atoms with Crippen LogP contribution >= 0.6 is 0 Å². The lowest BCUT2D eigenvalue weighted by Gasteiger charge is -1.89. The first-order valence-corrected chi connectivity index (χ1v) is 2.45. The van der Waals surface area contributed by atoms with Crippen LogP contribution in [0.2, 0.25) is 0 Å². The number of rotatable bonds is 0. The Morgan fingerprint density at radius 2 is 2.44 bits per heavy atom. The molecule has 0 aromatic carbocycles. The second-order valence-corrected chi connectivity index (χ2v) is 1.69. The molecule has 48 valence electrons. The fourth-order valence-corrected chi connectivity index (χ4v) is 0.564. The van der Waals surface area contributed by atoms with E-state index in [2.05, 4.69) is 9.97 Å². The van der Waals surface area contributed by atoms with Gasteiger partial charge in [0.1, 0.15) is 5.82 Å². The van der Waals surface area contributed by atoms with Crippen LogP contribution in [0.5, 0.6) is 5.88 Å². The highest BCUT2D eigenvalue weighted by atomic mass is 16.5. The number of aromatic amines is 1. The van der Waals surface area contributed by atoms with Gasteiger partial charge in [-0.1, -0.05) is 0 Å². The molecule has 0 spiro atoms. The summed E-state index contributed by atoms with van der Waals surface area (Å²) < 4.78 is 0. The van der Waals surface area contributed by atoms with Crippen molar-refractivity contribution < 1.29 is 5.11 Å². The molecule has 0 fully saturated rings. The van der Waals surface area contributed by atoms with E-state index >= 15 is 0 Å². The van der Waals surface area contributed by atoms with Crippen LogP contribution in [0.4, 0.5) is 0 Å². The van der Waals surface area contributed by atoms with Crippen molar-refractivity contribution in [2.75, 3.05) is 0 Å². The van der Waals surface area contributed by atoms with Gasteiger partial charge in [0.05, 0.1) is 6.07 Å². The number of H-pyrrole nitrogens is 1. The van der Waals surface area contributed by atoms with Crippen LogP contribution in [0.25, 0.3) is 0 Å². The summed E-state index contributed by atoms with van der Waals surface area (Å²) in [5, 5.41) is 8.66. The normalized spacial score (nSPS) is 9.44. The third kappa shape index (κ3) is 1.28. The number of aromatic nitrogens is 2. The molecule has 1 heterocycles. The molecule has 0 aliphatic heterocycles. The molecular weight excluding hydrogens is 126 g/mol. The average Bonchev–Trinajstić information content (AvgIpc) is 1.59. The molecule has 9 heavy (non-hydrogen) atoms. The highest BCUT2D eigenvalue weighted by Crippen LogP contribution is 1.94. The molecule has 2 N–H and O–H groups in total. The van der Waals surface area contributed by atoms with E-state index in [0.29, 0.717) is 5.82 Å². The second-order valence-electron chi connectivity index (χ2n) is 1.69. The maximum absolute atomic E-state index is 10.5. The molecule has 4 nitrogen and oxygen atoms in total. The molecule has 0 saturated heterocycles. The number of hydrogen-bond acceptors (Lipinski definition) is 3. The molecule has 0 radical (unpaired) electrons. The number of aryl methyl sites for hydroxylation is 1. The number of aromatic hydroxyl groups is 1. The third-order valence-corrected chi connectivity index (χ3v) is 0.847. The fraction of sp³-hybridized carbons (Fsp3) is 0.200. The summed E-state index contributed by atoms with van der Waals surface area (Å²) in [6.07, 6.45) is 0. The molecular formula is C5H6N2O2. The highest BCUT2D eigenvalue weighted by Gasteiger charge is 1.90. The fourth-order valence-electron chi connectivity index (χ4n) is 0.564. The molecule has 0 atom stereocenters. The van der Waals surface area contributed by atoms with Crippen LogP contribution in [-0.2, 0) is 0 Å². The summed E-state index contributed by atoms with van der Waals surface area (Å²) in [5.74, 6) is 0.177. The smallest absolute Gasteiger partial charge is 0.254 e. The van der Waals surface area contributed by atoms with Gasteiger partial charge in [0.2, 0.25) is 5.88 Å². The Labute approximate surface area is 51.2 Å². The van der Waals surface area contributed by atoms with E-state index in [1.807, 2.05) is 0 Å². The Balaban J connectivity index is 3.33. The minimum absolute atomic E-state index is 0.240. The van der Waals surface area contributed by atoms with Gasteiger partial charge in [-0.25, -0.2) is 4.98 Å². The van der Waals surface area contributed by atoms with Gasteiger partial charge in [0.25, 0.3) is 5.56 Å². The molecule has 0 amide bonds. The Kier molecular flexibility index (Phi) is 1.22. The van der Waals surface area contributed by atoms with Gasteiger partial charge >= 0.3 is 0 Å². The molecule has 0 bridgehead atoms. The zero-order valence-corrected chi connectivity index (χ0v) is 4.88. The van der Waals surface area contributed by atoms with Crippen molar-refractivity contribution in [3.8, 4) is 5.88 Å². The van der Waals surface area contributed by atoms with E-state index in [-0.39, 0.29) is 11.4 Å². The van der Waals surface area contributed by atoms with E-state index in [1.54, 1.807) is 6.92 Å². The van der Waals surface area contributed by atoms with Crippen molar-refractivity contribution in [1.29, 1.82) is 0 Å². The number of nitrogens with one attached hydrogen (secondary N) is 1. The summed E-state index contributed by atoms with van der Waals surface area (Å²) in [4.78, 5) is 16.4. The zero-order chi connectivity index (χ0) is 6.85. The first-order valence-electron chi connectivity index (χ1n) is 2.45. The van der Waals surface area contributed by atoms with Gasteiger partial charge in [-0.3, -0.25) is 4.79 Å². The van der Waals surface area contributed by atoms with E-state index in [4.69, 9.17) is 5.11 Å². The highest BCUT2D eigenvalue weighted by molar-refractivity contribution is 5.05. The molecule has 0 saturated carbocycles. The first-order chi connectivity index (χ1) is 4.18. The summed E-state index contributed by atoms with van der Waals surface area (Å²) in [6.45, 7) is 1.60. The SMILES string of the molecule is C[14c]1n[14c](O)c[14c](=O)[nH]1. The van der Waals surface area contributed by atoms with Gasteiger partial charge in [-0.2, -0.15) is 0 Å². The van der Waals surface area contributed by atoms with Crippen molar-refractivity contribution in [3.05, 3.63) is 22.2 Å². The van der Waals surface area contributed by atoms with Crippen LogP contribution < -0.4 is 5.56 Å². The Hall–Kier alpha value is -1.32. The van der Waals surface area contributed by atoms with Crippen LogP contribution in [0, 0.1) is 6.92 Å². The minimum Gasteiger partial charge on any atom is -0.493 e. The van der Waals surface area contributed by atoms with Crippen molar-refractivity contribution in [2.24, 2.45) is 0 Å². The molecule has 1 rings (SSSR count). The number of hydrogen-bond donors (Lipinski definition) is 2. The van der Waals surface area contributed by atoms with Gasteiger partial charge in [-0.05, 0) is 6.92 Å². The van der Waals surface area contributed by atoms with E-state index in [0.717, 1.165) is 6.07 Å². The Morgan fingerprint density at radius 1 is 1.78 bits per heavy atom. The topological polar surface area (TPSA) is 66.0 Å². The molecule has 0 aliphatic rings. The average molecular weight is 132 g/mol. The number of nitrogens with zero attached hydrogens (tertiary/aromatic N) is 1. The van der Waals surface area contributed by atoms with Crippen LogP contribution in [0.3, 0.4) is 0 Å². The molecule has 0 aliphatic carbocycles. The van der Waals surface area contributed by atoms with Crippen LogP contribution in [0.1, 0.15) is 5.82 Å². The monoisotopic (exact) mass is 132 g/mol. The molecule has 0 unspecified atom stereocenters. The largest absolute Gasteiger partial charge is 0.493 e. The maximum atomic E-state index is 10.5. The predicted molar refractivity (Wildman–Crippen MR) is 31.3 cm³/mol. The van der Waals surface area contributed by atoms with Gasteiger partial charge in [0, 0.05) is 0 Å². The van der Waals surface area contributed by atoms with Crippen molar-refractivity contribution in [1.82, 2.24) is 9.97 Å². The summed E-state index contributed by atoms with van der Waals surface area (Å²) >= 11 is 0. The van der Waals surface area contributed by atoms with Crippen LogP contribution in [-0.4, -0.2) is 15.1 Å². The zero-order valence-electron chi connectivity index (χ0n) is 4.88. The Bertz CT molecular complexity index is 243. The quantitative estimate of drug-likeness (QED) is 0.513. The second kappa shape index (κ2) is 1.89. The molecule has 1 aromatic heterocycles. The molecule has 4 heteroatoms. The predicted octanol–water partition coefficient (Wildman–Crippen LogP) is -0.216. The van der Waals surface area contributed by atoms with Crippen LogP contribution in [0.15, 0.2) is 10.9 Å². The molecule has 1 aromatic rings. The van der Waals surface area contributed by atoms with E-state index in [9.17, 15) is 4.79 Å². The van der Waals surface area contributed by atoms with Gasteiger partial charge in [-0.15, -0.1) is 0 Å². The third-order valence-electron chi connectivity index (χ3n) is 0.847. The lowest BCUT2D eigenvalue weighted by Crippen LogP contribution is -2.06. The minimum atomic E-state index is -0.333. The van der Waals surface area contributed by atoms with Gasteiger partial charge < -0.3 is 10.1 Å². The maximum Gasteiger partial charge on any atom is 0.254 e.